The predicted octanol–water partition coefficient (Wildman–Crippen LogP) is 2.66. The zero-order valence-electron chi connectivity index (χ0n) is 10.6. The van der Waals surface area contributed by atoms with Gasteiger partial charge in [0.05, 0.1) is 5.69 Å². The highest BCUT2D eigenvalue weighted by atomic mass is 35.5. The molecule has 1 aromatic carbocycles. The fourth-order valence-corrected chi connectivity index (χ4v) is 1.99. The van der Waals surface area contributed by atoms with Crippen LogP contribution < -0.4 is 10.6 Å². The van der Waals surface area contributed by atoms with E-state index in [-0.39, 0.29) is 5.84 Å². The van der Waals surface area contributed by atoms with Crippen LogP contribution >= 0.6 is 11.6 Å². The van der Waals surface area contributed by atoms with Gasteiger partial charge in [0.2, 0.25) is 0 Å². The number of aromatic nitrogens is 1. The summed E-state index contributed by atoms with van der Waals surface area (Å²) in [6.45, 7) is 0.698. The Balaban J connectivity index is 2.22. The SMILES string of the molecule is CN(Cc1ccc(Cl)cc1)c1cccnc1C(=N)N. The third-order valence-corrected chi connectivity index (χ3v) is 3.04. The van der Waals surface area contributed by atoms with E-state index in [9.17, 15) is 0 Å². The summed E-state index contributed by atoms with van der Waals surface area (Å²) in [5, 5.41) is 8.27. The molecule has 0 radical (unpaired) electrons. The molecular formula is C14H15ClN4. The lowest BCUT2D eigenvalue weighted by atomic mass is 10.2. The number of benzene rings is 1. The van der Waals surface area contributed by atoms with Gasteiger partial charge in [-0.1, -0.05) is 23.7 Å². The molecule has 2 rings (SSSR count). The van der Waals surface area contributed by atoms with Gasteiger partial charge in [-0.15, -0.1) is 0 Å². The molecule has 98 valence electrons. The maximum Gasteiger partial charge on any atom is 0.143 e. The molecule has 0 spiro atoms. The van der Waals surface area contributed by atoms with Crippen LogP contribution in [0, 0.1) is 5.41 Å². The largest absolute Gasteiger partial charge is 0.382 e. The molecule has 4 nitrogen and oxygen atoms in total. The standard InChI is InChI=1S/C14H15ClN4/c1-19(9-10-4-6-11(15)7-5-10)12-3-2-8-18-13(12)14(16)17/h2-8H,9H2,1H3,(H3,16,17). The van der Waals surface area contributed by atoms with Crippen molar-refractivity contribution in [2.75, 3.05) is 11.9 Å². The number of hydrogen-bond donors (Lipinski definition) is 2. The molecular weight excluding hydrogens is 260 g/mol. The number of amidine groups is 1. The summed E-state index contributed by atoms with van der Waals surface area (Å²) >= 11 is 5.86. The smallest absolute Gasteiger partial charge is 0.143 e. The highest BCUT2D eigenvalue weighted by Gasteiger charge is 2.10. The Morgan fingerprint density at radius 2 is 2.00 bits per heavy atom. The first kappa shape index (κ1) is 13.4. The third kappa shape index (κ3) is 3.23. The summed E-state index contributed by atoms with van der Waals surface area (Å²) in [4.78, 5) is 6.15. The summed E-state index contributed by atoms with van der Waals surface area (Å²) in [6, 6.07) is 11.4. The van der Waals surface area contributed by atoms with Crippen LogP contribution in [0.1, 0.15) is 11.3 Å². The van der Waals surface area contributed by atoms with Crippen LogP contribution in [0.5, 0.6) is 0 Å². The zero-order valence-corrected chi connectivity index (χ0v) is 11.4. The van der Waals surface area contributed by atoms with Gasteiger partial charge >= 0.3 is 0 Å². The molecule has 0 aliphatic heterocycles. The first-order valence-electron chi connectivity index (χ1n) is 5.83. The molecule has 0 saturated carbocycles. The van der Waals surface area contributed by atoms with E-state index >= 15 is 0 Å². The minimum absolute atomic E-state index is 0.0291. The monoisotopic (exact) mass is 274 g/mol. The van der Waals surface area contributed by atoms with E-state index < -0.39 is 0 Å². The second-order valence-electron chi connectivity index (χ2n) is 4.27. The number of hydrogen-bond acceptors (Lipinski definition) is 3. The first-order chi connectivity index (χ1) is 9.08. The van der Waals surface area contributed by atoms with Crippen molar-refractivity contribution in [3.8, 4) is 0 Å². The highest BCUT2D eigenvalue weighted by Crippen LogP contribution is 2.19. The first-order valence-corrected chi connectivity index (χ1v) is 6.20. The van der Waals surface area contributed by atoms with Gasteiger partial charge in [-0.3, -0.25) is 10.4 Å². The Morgan fingerprint density at radius 1 is 1.32 bits per heavy atom. The maximum atomic E-state index is 7.55. The van der Waals surface area contributed by atoms with Crippen molar-refractivity contribution in [1.29, 1.82) is 5.41 Å². The van der Waals surface area contributed by atoms with E-state index in [0.29, 0.717) is 12.2 Å². The molecule has 5 heteroatoms. The number of nitrogens with one attached hydrogen (secondary N) is 1. The lowest BCUT2D eigenvalue weighted by molar-refractivity contribution is 0.915. The van der Waals surface area contributed by atoms with Crippen LogP contribution in [-0.2, 0) is 6.54 Å². The van der Waals surface area contributed by atoms with Crippen LogP contribution in [-0.4, -0.2) is 17.9 Å². The van der Waals surface area contributed by atoms with Crippen LogP contribution in [0.3, 0.4) is 0 Å². The van der Waals surface area contributed by atoms with Gasteiger partial charge in [-0.25, -0.2) is 0 Å². The number of pyridine rings is 1. The molecule has 3 N–H and O–H groups in total. The van der Waals surface area contributed by atoms with E-state index in [1.807, 2.05) is 48.3 Å². The molecule has 1 aromatic heterocycles. The van der Waals surface area contributed by atoms with E-state index in [1.54, 1.807) is 6.20 Å². The van der Waals surface area contributed by atoms with Crippen molar-refractivity contribution in [1.82, 2.24) is 4.98 Å². The van der Waals surface area contributed by atoms with Crippen molar-refractivity contribution in [3.05, 3.63) is 58.9 Å². The van der Waals surface area contributed by atoms with Crippen LogP contribution in [0.4, 0.5) is 5.69 Å². The fourth-order valence-electron chi connectivity index (χ4n) is 1.86. The maximum absolute atomic E-state index is 7.55. The number of nitrogens with two attached hydrogens (primary N) is 1. The normalized spacial score (nSPS) is 10.2. The van der Waals surface area contributed by atoms with Gasteiger partial charge in [0.25, 0.3) is 0 Å². The van der Waals surface area contributed by atoms with E-state index in [1.165, 1.54) is 0 Å². The Hall–Kier alpha value is -2.07. The second-order valence-corrected chi connectivity index (χ2v) is 4.70. The Bertz CT molecular complexity index is 580. The van der Waals surface area contributed by atoms with Crippen molar-refractivity contribution < 1.29 is 0 Å². The van der Waals surface area contributed by atoms with Crippen molar-refractivity contribution in [3.63, 3.8) is 0 Å². The van der Waals surface area contributed by atoms with Crippen molar-refractivity contribution in [2.45, 2.75) is 6.54 Å². The topological polar surface area (TPSA) is 66.0 Å². The zero-order chi connectivity index (χ0) is 13.8. The number of halogens is 1. The molecule has 0 amide bonds. The molecule has 0 bridgehead atoms. The van der Waals surface area contributed by atoms with Gasteiger partial charge in [0, 0.05) is 24.8 Å². The van der Waals surface area contributed by atoms with Gasteiger partial charge in [-0.2, -0.15) is 0 Å². The van der Waals surface area contributed by atoms with Gasteiger partial charge in [0.1, 0.15) is 11.5 Å². The molecule has 0 saturated heterocycles. The highest BCUT2D eigenvalue weighted by molar-refractivity contribution is 6.30. The lowest BCUT2D eigenvalue weighted by Gasteiger charge is -2.21. The number of nitrogens with zero attached hydrogens (tertiary/aromatic N) is 2. The number of anilines is 1. The van der Waals surface area contributed by atoms with Gasteiger partial charge in [-0.05, 0) is 29.8 Å². The summed E-state index contributed by atoms with van der Waals surface area (Å²) in [5.74, 6) is -0.0291. The second kappa shape index (κ2) is 5.71. The lowest BCUT2D eigenvalue weighted by Crippen LogP contribution is -2.23. The van der Waals surface area contributed by atoms with E-state index in [4.69, 9.17) is 22.7 Å². The predicted molar refractivity (Wildman–Crippen MR) is 78.8 cm³/mol. The summed E-state index contributed by atoms with van der Waals surface area (Å²) in [7, 11) is 1.94. The van der Waals surface area contributed by atoms with Crippen molar-refractivity contribution >= 4 is 23.1 Å². The molecule has 19 heavy (non-hydrogen) atoms. The van der Waals surface area contributed by atoms with Crippen LogP contribution in [0.15, 0.2) is 42.6 Å². The van der Waals surface area contributed by atoms with Crippen LogP contribution in [0.2, 0.25) is 5.02 Å². The molecule has 1 heterocycles. The summed E-state index contributed by atoms with van der Waals surface area (Å²) < 4.78 is 0. The molecule has 2 aromatic rings. The minimum atomic E-state index is -0.0291. The van der Waals surface area contributed by atoms with E-state index in [2.05, 4.69) is 4.98 Å². The number of nitrogen functional groups attached to an aromatic ring is 1. The molecule has 0 aliphatic carbocycles. The Morgan fingerprint density at radius 3 is 2.63 bits per heavy atom. The number of rotatable bonds is 4. The summed E-state index contributed by atoms with van der Waals surface area (Å²) in [5.41, 5.74) is 8.01. The van der Waals surface area contributed by atoms with Crippen molar-refractivity contribution in [2.24, 2.45) is 5.73 Å². The van der Waals surface area contributed by atoms with E-state index in [0.717, 1.165) is 16.3 Å². The minimum Gasteiger partial charge on any atom is -0.382 e. The van der Waals surface area contributed by atoms with Crippen LogP contribution in [0.25, 0.3) is 0 Å². The quantitative estimate of drug-likeness (QED) is 0.665. The molecule has 0 atom stereocenters. The average Bonchev–Trinajstić information content (AvgIpc) is 2.41. The molecule has 0 unspecified atom stereocenters. The van der Waals surface area contributed by atoms with Gasteiger partial charge < -0.3 is 10.6 Å². The van der Waals surface area contributed by atoms with Gasteiger partial charge in [0.15, 0.2) is 0 Å². The average molecular weight is 275 g/mol. The third-order valence-electron chi connectivity index (χ3n) is 2.79. The molecule has 0 aliphatic rings. The fraction of sp³-hybridized carbons (Fsp3) is 0.143. The summed E-state index contributed by atoms with van der Waals surface area (Å²) in [6.07, 6.45) is 1.64. The Labute approximate surface area is 117 Å². The molecule has 0 fully saturated rings. The Kier molecular flexibility index (Phi) is 4.02.